The highest BCUT2D eigenvalue weighted by atomic mass is 19.4. The van der Waals surface area contributed by atoms with E-state index >= 15 is 0 Å². The third-order valence-electron chi connectivity index (χ3n) is 4.95. The van der Waals surface area contributed by atoms with Crippen molar-refractivity contribution in [3.63, 3.8) is 0 Å². The standard InChI is InChI=1S/C18H18F6N6O2/c19-10-6-12(21)11(20)4-8(10)3-9(25)5-14(31)29-1-2-30-13(7-29)27-16(18(22,23)24)15(30)17(32)28-26/h4,6,9H,1-3,5,7,25-26H2,(H,28,32)/t9-/m0/s1. The molecule has 0 unspecified atom stereocenters. The monoisotopic (exact) mass is 464 g/mol. The summed E-state index contributed by atoms with van der Waals surface area (Å²) >= 11 is 0. The highest BCUT2D eigenvalue weighted by Gasteiger charge is 2.42. The van der Waals surface area contributed by atoms with Gasteiger partial charge in [0.2, 0.25) is 5.91 Å². The molecule has 2 aromatic rings. The Kier molecular flexibility index (Phi) is 6.46. The first-order valence-electron chi connectivity index (χ1n) is 9.26. The lowest BCUT2D eigenvalue weighted by atomic mass is 10.0. The lowest BCUT2D eigenvalue weighted by molar-refractivity contribution is -0.141. The second kappa shape index (κ2) is 8.78. The van der Waals surface area contributed by atoms with Crippen LogP contribution in [-0.4, -0.2) is 38.9 Å². The zero-order chi connectivity index (χ0) is 23.8. The molecular formula is C18H18F6N6O2. The van der Waals surface area contributed by atoms with Crippen molar-refractivity contribution in [1.82, 2.24) is 19.9 Å². The molecule has 32 heavy (non-hydrogen) atoms. The normalized spacial score (nSPS) is 14.8. The Bertz CT molecular complexity index is 1050. The Balaban J connectivity index is 1.73. The van der Waals surface area contributed by atoms with E-state index in [1.165, 1.54) is 4.90 Å². The number of carbonyl (C=O) groups excluding carboxylic acids is 2. The molecule has 0 fully saturated rings. The van der Waals surface area contributed by atoms with E-state index < -0.39 is 52.9 Å². The predicted molar refractivity (Wildman–Crippen MR) is 96.9 cm³/mol. The number of hydrogen-bond donors (Lipinski definition) is 3. The highest BCUT2D eigenvalue weighted by molar-refractivity contribution is 5.93. The minimum absolute atomic E-state index is 0.0450. The van der Waals surface area contributed by atoms with Gasteiger partial charge in [-0.1, -0.05) is 0 Å². The molecule has 0 spiro atoms. The van der Waals surface area contributed by atoms with Crippen molar-refractivity contribution in [3.05, 3.63) is 52.4 Å². The van der Waals surface area contributed by atoms with Gasteiger partial charge in [0, 0.05) is 31.6 Å². The van der Waals surface area contributed by atoms with Crippen LogP contribution in [0.4, 0.5) is 26.3 Å². The van der Waals surface area contributed by atoms with Crippen molar-refractivity contribution >= 4 is 11.8 Å². The number of nitrogens with one attached hydrogen (secondary N) is 1. The second-order valence-corrected chi connectivity index (χ2v) is 7.19. The lowest BCUT2D eigenvalue weighted by Crippen LogP contribution is -2.42. The van der Waals surface area contributed by atoms with E-state index in [4.69, 9.17) is 11.6 Å². The van der Waals surface area contributed by atoms with E-state index in [0.29, 0.717) is 12.1 Å². The summed E-state index contributed by atoms with van der Waals surface area (Å²) in [5.74, 6) is -0.574. The second-order valence-electron chi connectivity index (χ2n) is 7.19. The summed E-state index contributed by atoms with van der Waals surface area (Å²) in [6, 6.07) is 0.0553. The van der Waals surface area contributed by atoms with Crippen LogP contribution in [0.3, 0.4) is 0 Å². The number of alkyl halides is 3. The Morgan fingerprint density at radius 2 is 1.78 bits per heavy atom. The van der Waals surface area contributed by atoms with Crippen LogP contribution < -0.4 is 17.0 Å². The number of nitrogen functional groups attached to an aromatic ring is 1. The molecule has 0 radical (unpaired) electrons. The van der Waals surface area contributed by atoms with Gasteiger partial charge in [0.05, 0.1) is 6.54 Å². The number of fused-ring (bicyclic) bond motifs is 1. The first-order chi connectivity index (χ1) is 14.9. The molecule has 8 nitrogen and oxygen atoms in total. The van der Waals surface area contributed by atoms with E-state index in [-0.39, 0.29) is 43.9 Å². The minimum Gasteiger partial charge on any atom is -0.333 e. The first-order valence-corrected chi connectivity index (χ1v) is 9.26. The molecule has 14 heteroatoms. The fraction of sp³-hybridized carbons (Fsp3) is 0.389. The Labute approximate surface area is 177 Å². The molecule has 1 atom stereocenters. The van der Waals surface area contributed by atoms with Crippen molar-refractivity contribution in [1.29, 1.82) is 0 Å². The van der Waals surface area contributed by atoms with E-state index in [0.717, 1.165) is 4.57 Å². The Morgan fingerprint density at radius 1 is 1.12 bits per heavy atom. The van der Waals surface area contributed by atoms with Crippen molar-refractivity contribution in [3.8, 4) is 0 Å². The first kappa shape index (κ1) is 23.5. The van der Waals surface area contributed by atoms with Gasteiger partial charge in [-0.2, -0.15) is 13.2 Å². The molecule has 3 rings (SSSR count). The van der Waals surface area contributed by atoms with Gasteiger partial charge in [0.25, 0.3) is 5.91 Å². The summed E-state index contributed by atoms with van der Waals surface area (Å²) in [5.41, 5.74) is 5.09. The maximum absolute atomic E-state index is 13.8. The van der Waals surface area contributed by atoms with E-state index in [1.807, 2.05) is 0 Å². The summed E-state index contributed by atoms with van der Waals surface area (Å²) in [6.45, 7) is -0.525. The average Bonchev–Trinajstić information content (AvgIpc) is 3.10. The minimum atomic E-state index is -4.92. The summed E-state index contributed by atoms with van der Waals surface area (Å²) in [4.78, 5) is 29.1. The summed E-state index contributed by atoms with van der Waals surface area (Å²) < 4.78 is 81.0. The number of hydrazine groups is 1. The van der Waals surface area contributed by atoms with Crippen molar-refractivity contribution in [2.75, 3.05) is 6.54 Å². The number of rotatable bonds is 5. The summed E-state index contributed by atoms with van der Waals surface area (Å²) in [5, 5.41) is 0. The van der Waals surface area contributed by atoms with Crippen LogP contribution in [-0.2, 0) is 30.5 Å². The van der Waals surface area contributed by atoms with Crippen LogP contribution >= 0.6 is 0 Å². The van der Waals surface area contributed by atoms with E-state index in [9.17, 15) is 35.9 Å². The largest absolute Gasteiger partial charge is 0.435 e. The lowest BCUT2D eigenvalue weighted by Gasteiger charge is -2.29. The Hall–Kier alpha value is -3.13. The number of benzene rings is 1. The van der Waals surface area contributed by atoms with Gasteiger partial charge in [-0.3, -0.25) is 15.0 Å². The number of hydrogen-bond acceptors (Lipinski definition) is 5. The molecule has 1 aromatic heterocycles. The third kappa shape index (κ3) is 4.70. The van der Waals surface area contributed by atoms with E-state index in [2.05, 4.69) is 4.98 Å². The molecule has 0 bridgehead atoms. The fourth-order valence-corrected chi connectivity index (χ4v) is 3.47. The third-order valence-corrected chi connectivity index (χ3v) is 4.95. The zero-order valence-electron chi connectivity index (χ0n) is 16.3. The number of nitrogens with two attached hydrogens (primary N) is 2. The number of amides is 2. The van der Waals surface area contributed by atoms with Gasteiger partial charge in [0.15, 0.2) is 17.3 Å². The molecule has 0 saturated heterocycles. The van der Waals surface area contributed by atoms with Crippen molar-refractivity contribution in [2.24, 2.45) is 11.6 Å². The number of aromatic nitrogens is 2. The molecule has 5 N–H and O–H groups in total. The van der Waals surface area contributed by atoms with Crippen molar-refractivity contribution < 1.29 is 35.9 Å². The predicted octanol–water partition coefficient (Wildman–Crippen LogP) is 1.22. The van der Waals surface area contributed by atoms with Gasteiger partial charge >= 0.3 is 6.18 Å². The Morgan fingerprint density at radius 3 is 2.41 bits per heavy atom. The summed E-state index contributed by atoms with van der Waals surface area (Å²) in [7, 11) is 0. The van der Waals surface area contributed by atoms with Crippen LogP contribution in [0.1, 0.15) is 34.0 Å². The molecule has 1 aliphatic rings. The average molecular weight is 464 g/mol. The molecule has 174 valence electrons. The summed E-state index contributed by atoms with van der Waals surface area (Å²) in [6.07, 6.45) is -5.52. The number of imidazole rings is 1. The van der Waals surface area contributed by atoms with Gasteiger partial charge in [-0.25, -0.2) is 24.0 Å². The van der Waals surface area contributed by atoms with Gasteiger partial charge < -0.3 is 15.2 Å². The van der Waals surface area contributed by atoms with Crippen LogP contribution in [0, 0.1) is 17.5 Å². The topological polar surface area (TPSA) is 119 Å². The van der Waals surface area contributed by atoms with Gasteiger partial charge in [-0.15, -0.1) is 0 Å². The maximum Gasteiger partial charge on any atom is 0.435 e. The molecule has 2 heterocycles. The van der Waals surface area contributed by atoms with Gasteiger partial charge in [0.1, 0.15) is 17.3 Å². The maximum atomic E-state index is 13.8. The van der Waals surface area contributed by atoms with Crippen LogP contribution in [0.2, 0.25) is 0 Å². The van der Waals surface area contributed by atoms with Crippen LogP contribution in [0.15, 0.2) is 12.1 Å². The molecule has 1 aromatic carbocycles. The van der Waals surface area contributed by atoms with E-state index in [1.54, 1.807) is 5.43 Å². The molecule has 2 amide bonds. The highest BCUT2D eigenvalue weighted by Crippen LogP contribution is 2.33. The van der Waals surface area contributed by atoms with Crippen molar-refractivity contribution in [2.45, 2.75) is 38.1 Å². The molecular weight excluding hydrogens is 446 g/mol. The smallest absolute Gasteiger partial charge is 0.333 e. The number of halogens is 6. The number of nitrogens with zero attached hydrogens (tertiary/aromatic N) is 3. The zero-order valence-corrected chi connectivity index (χ0v) is 16.3. The quantitative estimate of drug-likeness (QED) is 0.202. The molecule has 0 aliphatic carbocycles. The van der Waals surface area contributed by atoms with Crippen LogP contribution in [0.25, 0.3) is 0 Å². The molecule has 1 aliphatic heterocycles. The molecule has 0 saturated carbocycles. The fourth-order valence-electron chi connectivity index (χ4n) is 3.47. The number of carbonyl (C=O) groups is 2. The SMILES string of the molecule is NNC(=O)c1c(C(F)(F)F)nc2n1CCN(C(=O)C[C@@H](N)Cc1cc(F)c(F)cc1F)C2. The van der Waals surface area contributed by atoms with Gasteiger partial charge in [-0.05, 0) is 18.1 Å². The van der Waals surface area contributed by atoms with Crippen LogP contribution in [0.5, 0.6) is 0 Å².